The van der Waals surface area contributed by atoms with Crippen LogP contribution < -0.4 is 0 Å². The van der Waals surface area contributed by atoms with Gasteiger partial charge in [-0.2, -0.15) is 0 Å². The lowest BCUT2D eigenvalue weighted by molar-refractivity contribution is 0.0385. The molecule has 0 aromatic heterocycles. The minimum atomic E-state index is -2.99. The lowest BCUT2D eigenvalue weighted by atomic mass is 9.81. The summed E-state index contributed by atoms with van der Waals surface area (Å²) >= 11 is 0. The van der Waals surface area contributed by atoms with Crippen LogP contribution in [0, 0.1) is 0 Å². The maximum absolute atomic E-state index is 12.0. The summed E-state index contributed by atoms with van der Waals surface area (Å²) in [6.07, 6.45) is 0.758. The predicted octanol–water partition coefficient (Wildman–Crippen LogP) is 1.63. The Morgan fingerprint density at radius 2 is 1.95 bits per heavy atom. The van der Waals surface area contributed by atoms with Crippen molar-refractivity contribution in [3.63, 3.8) is 0 Å². The van der Waals surface area contributed by atoms with E-state index in [1.165, 1.54) is 11.1 Å². The van der Waals surface area contributed by atoms with E-state index in [-0.39, 0.29) is 29.1 Å². The van der Waals surface area contributed by atoms with Crippen LogP contribution in [0.5, 0.6) is 0 Å². The zero-order chi connectivity index (χ0) is 16.0. The monoisotopic (exact) mass is 323 g/mol. The minimum Gasteiger partial charge on any atom is -0.379 e. The van der Waals surface area contributed by atoms with Gasteiger partial charge < -0.3 is 4.74 Å². The van der Waals surface area contributed by atoms with Crippen molar-refractivity contribution < 1.29 is 13.2 Å². The van der Waals surface area contributed by atoms with Crippen molar-refractivity contribution in [3.05, 3.63) is 35.4 Å². The average molecular weight is 323 g/mol. The van der Waals surface area contributed by atoms with E-state index in [0.29, 0.717) is 0 Å². The maximum atomic E-state index is 12.0. The van der Waals surface area contributed by atoms with Crippen LogP contribution in [-0.2, 0) is 26.4 Å². The lowest BCUT2D eigenvalue weighted by Crippen LogP contribution is -2.48. The zero-order valence-corrected chi connectivity index (χ0v) is 14.4. The second-order valence-electron chi connectivity index (χ2n) is 7.18. The first kappa shape index (κ1) is 16.0. The Bertz CT molecular complexity index is 654. The SMILES string of the molecule is CO[C@@H]1CS(=O)(=O)C[C@@H]1N1CCc2ccccc2C(C)(C)C1. The molecule has 1 aromatic rings. The molecule has 0 saturated carbocycles. The summed E-state index contributed by atoms with van der Waals surface area (Å²) in [7, 11) is -1.37. The van der Waals surface area contributed by atoms with Crippen molar-refractivity contribution in [2.45, 2.75) is 37.8 Å². The van der Waals surface area contributed by atoms with E-state index >= 15 is 0 Å². The number of hydrogen-bond acceptors (Lipinski definition) is 4. The standard InChI is InChI=1S/C17H25NO3S/c1-17(2)12-18(9-8-13-6-4-5-7-14(13)17)15-10-22(19,20)11-16(15)21-3/h4-7,15-16H,8-12H2,1-3H3/t15-,16+/m0/s1. The molecule has 0 spiro atoms. The van der Waals surface area contributed by atoms with Gasteiger partial charge in [-0.25, -0.2) is 8.42 Å². The molecule has 0 unspecified atom stereocenters. The molecule has 1 saturated heterocycles. The Kier molecular flexibility index (Phi) is 4.08. The Balaban J connectivity index is 1.89. The fourth-order valence-electron chi connectivity index (χ4n) is 3.98. The van der Waals surface area contributed by atoms with Crippen molar-refractivity contribution in [3.8, 4) is 0 Å². The molecule has 22 heavy (non-hydrogen) atoms. The highest BCUT2D eigenvalue weighted by Gasteiger charge is 2.43. The summed E-state index contributed by atoms with van der Waals surface area (Å²) in [6.45, 7) is 6.25. The lowest BCUT2D eigenvalue weighted by Gasteiger charge is -2.36. The summed E-state index contributed by atoms with van der Waals surface area (Å²) in [5.74, 6) is 0.371. The van der Waals surface area contributed by atoms with E-state index in [4.69, 9.17) is 4.74 Å². The molecule has 4 nitrogen and oxygen atoms in total. The van der Waals surface area contributed by atoms with Crippen LogP contribution in [0.15, 0.2) is 24.3 Å². The number of nitrogens with zero attached hydrogens (tertiary/aromatic N) is 1. The second kappa shape index (κ2) is 5.62. The van der Waals surface area contributed by atoms with Crippen molar-refractivity contribution in [2.75, 3.05) is 31.7 Å². The van der Waals surface area contributed by atoms with Gasteiger partial charge in [0.05, 0.1) is 23.7 Å². The first-order valence-electron chi connectivity index (χ1n) is 7.88. The summed E-state index contributed by atoms with van der Waals surface area (Å²) in [5, 5.41) is 0. The highest BCUT2D eigenvalue weighted by atomic mass is 32.2. The Morgan fingerprint density at radius 3 is 2.68 bits per heavy atom. The van der Waals surface area contributed by atoms with Crippen LogP contribution in [0.2, 0.25) is 0 Å². The van der Waals surface area contributed by atoms with Crippen molar-refractivity contribution >= 4 is 9.84 Å². The fraction of sp³-hybridized carbons (Fsp3) is 0.647. The van der Waals surface area contributed by atoms with Crippen LogP contribution in [-0.4, -0.2) is 57.2 Å². The molecule has 2 heterocycles. The van der Waals surface area contributed by atoms with Crippen molar-refractivity contribution in [1.82, 2.24) is 4.90 Å². The van der Waals surface area contributed by atoms with E-state index in [1.54, 1.807) is 7.11 Å². The molecule has 0 radical (unpaired) electrons. The predicted molar refractivity (Wildman–Crippen MR) is 88.0 cm³/mol. The Morgan fingerprint density at radius 1 is 1.23 bits per heavy atom. The van der Waals surface area contributed by atoms with Crippen LogP contribution >= 0.6 is 0 Å². The van der Waals surface area contributed by atoms with Crippen LogP contribution in [0.1, 0.15) is 25.0 Å². The minimum absolute atomic E-state index is 0.0116. The molecule has 0 bridgehead atoms. The number of sulfone groups is 1. The van der Waals surface area contributed by atoms with Gasteiger partial charge in [-0.15, -0.1) is 0 Å². The Labute approximate surface area is 133 Å². The van der Waals surface area contributed by atoms with Gasteiger partial charge in [0, 0.05) is 25.6 Å². The van der Waals surface area contributed by atoms with Crippen molar-refractivity contribution in [2.24, 2.45) is 0 Å². The van der Waals surface area contributed by atoms with Crippen LogP contribution in [0.4, 0.5) is 0 Å². The van der Waals surface area contributed by atoms with Gasteiger partial charge in [0.1, 0.15) is 0 Å². The molecule has 5 heteroatoms. The molecule has 0 N–H and O–H groups in total. The van der Waals surface area contributed by atoms with Gasteiger partial charge in [0.25, 0.3) is 0 Å². The van der Waals surface area contributed by atoms with Gasteiger partial charge in [-0.3, -0.25) is 4.90 Å². The van der Waals surface area contributed by atoms with E-state index < -0.39 is 9.84 Å². The number of methoxy groups -OCH3 is 1. The van der Waals surface area contributed by atoms with E-state index in [0.717, 1.165) is 19.5 Å². The summed E-state index contributed by atoms with van der Waals surface area (Å²) < 4.78 is 29.5. The number of benzene rings is 1. The van der Waals surface area contributed by atoms with Gasteiger partial charge >= 0.3 is 0 Å². The first-order valence-corrected chi connectivity index (χ1v) is 9.70. The maximum Gasteiger partial charge on any atom is 0.154 e. The van der Waals surface area contributed by atoms with Crippen LogP contribution in [0.25, 0.3) is 0 Å². The largest absolute Gasteiger partial charge is 0.379 e. The third kappa shape index (κ3) is 2.94. The zero-order valence-electron chi connectivity index (χ0n) is 13.6. The highest BCUT2D eigenvalue weighted by Crippen LogP contribution is 2.33. The second-order valence-corrected chi connectivity index (χ2v) is 9.33. The molecule has 1 fully saturated rings. The quantitative estimate of drug-likeness (QED) is 0.830. The molecule has 3 rings (SSSR count). The molecule has 2 atom stereocenters. The first-order chi connectivity index (χ1) is 10.3. The third-order valence-corrected chi connectivity index (χ3v) is 6.74. The Hall–Kier alpha value is -0.910. The summed E-state index contributed by atoms with van der Waals surface area (Å²) in [6, 6.07) is 8.55. The summed E-state index contributed by atoms with van der Waals surface area (Å²) in [4.78, 5) is 2.33. The van der Waals surface area contributed by atoms with Gasteiger partial charge in [-0.1, -0.05) is 38.1 Å². The van der Waals surface area contributed by atoms with Crippen molar-refractivity contribution in [1.29, 1.82) is 0 Å². The molecule has 2 aliphatic rings. The summed E-state index contributed by atoms with van der Waals surface area (Å²) in [5.41, 5.74) is 2.77. The molecular formula is C17H25NO3S. The average Bonchev–Trinajstić information content (AvgIpc) is 2.71. The highest BCUT2D eigenvalue weighted by molar-refractivity contribution is 7.91. The number of hydrogen-bond donors (Lipinski definition) is 0. The van der Waals surface area contributed by atoms with Gasteiger partial charge in [0.15, 0.2) is 9.84 Å². The molecule has 122 valence electrons. The van der Waals surface area contributed by atoms with Gasteiger partial charge in [-0.05, 0) is 17.5 Å². The topological polar surface area (TPSA) is 46.6 Å². The van der Waals surface area contributed by atoms with Crippen LogP contribution in [0.3, 0.4) is 0 Å². The normalized spacial score (nSPS) is 30.7. The molecule has 0 aliphatic carbocycles. The van der Waals surface area contributed by atoms with E-state index in [9.17, 15) is 8.42 Å². The number of rotatable bonds is 2. The third-order valence-electron chi connectivity index (χ3n) is 5.06. The smallest absolute Gasteiger partial charge is 0.154 e. The van der Waals surface area contributed by atoms with E-state index in [2.05, 4.69) is 43.0 Å². The van der Waals surface area contributed by atoms with E-state index in [1.807, 2.05) is 0 Å². The number of ether oxygens (including phenoxy) is 1. The van der Waals surface area contributed by atoms with Gasteiger partial charge in [0.2, 0.25) is 0 Å². The molecular weight excluding hydrogens is 298 g/mol. The molecule has 2 aliphatic heterocycles. The molecule has 1 aromatic carbocycles. The fourth-order valence-corrected chi connectivity index (χ4v) is 5.92. The molecule has 0 amide bonds. The number of fused-ring (bicyclic) bond motifs is 1.